The first kappa shape index (κ1) is 16.2. The number of nitrogens with one attached hydrogen (secondary N) is 1. The molecule has 0 fully saturated rings. The molecule has 0 unspecified atom stereocenters. The third-order valence-electron chi connectivity index (χ3n) is 3.19. The van der Waals surface area contributed by atoms with Crippen LogP contribution in [-0.4, -0.2) is 23.1 Å². The molecule has 0 bridgehead atoms. The average Bonchev–Trinajstić information content (AvgIpc) is 2.45. The number of halogens is 3. The minimum atomic E-state index is -4.35. The minimum absolute atomic E-state index is 0.405. The van der Waals surface area contributed by atoms with Gasteiger partial charge in [-0.05, 0) is 26.0 Å². The second-order valence-electron chi connectivity index (χ2n) is 4.88. The first-order valence-corrected chi connectivity index (χ1v) is 6.79. The van der Waals surface area contributed by atoms with Gasteiger partial charge in [-0.1, -0.05) is 12.1 Å². The van der Waals surface area contributed by atoms with E-state index >= 15 is 0 Å². The quantitative estimate of drug-likeness (QED) is 0.910. The Kier molecular flexibility index (Phi) is 4.65. The zero-order valence-corrected chi connectivity index (χ0v) is 12.3. The normalized spacial score (nSPS) is 11.5. The fraction of sp³-hybridized carbons (Fsp3) is 0.333. The molecule has 0 aliphatic carbocycles. The van der Waals surface area contributed by atoms with E-state index in [4.69, 9.17) is 5.73 Å². The van der Waals surface area contributed by atoms with Crippen LogP contribution in [0.4, 0.5) is 18.9 Å². The smallest absolute Gasteiger partial charge is 0.381 e. The van der Waals surface area contributed by atoms with E-state index in [9.17, 15) is 13.2 Å². The van der Waals surface area contributed by atoms with E-state index in [1.165, 1.54) is 12.1 Å². The van der Waals surface area contributed by atoms with Crippen LogP contribution in [0.3, 0.4) is 0 Å². The van der Waals surface area contributed by atoms with Crippen LogP contribution in [-0.2, 0) is 6.18 Å². The summed E-state index contributed by atoms with van der Waals surface area (Å²) >= 11 is 0. The van der Waals surface area contributed by atoms with Crippen molar-refractivity contribution in [2.75, 3.05) is 18.4 Å². The number of rotatable bonds is 4. The van der Waals surface area contributed by atoms with Crippen molar-refractivity contribution in [1.29, 1.82) is 0 Å². The van der Waals surface area contributed by atoms with Crippen LogP contribution in [0.15, 0.2) is 24.3 Å². The maximum absolute atomic E-state index is 12.6. The first-order chi connectivity index (χ1) is 10.3. The molecule has 22 heavy (non-hydrogen) atoms. The van der Waals surface area contributed by atoms with Gasteiger partial charge in [-0.25, -0.2) is 9.97 Å². The molecule has 1 aromatic heterocycles. The Hall–Kier alpha value is -2.15. The maximum atomic E-state index is 12.6. The van der Waals surface area contributed by atoms with Gasteiger partial charge in [0.1, 0.15) is 0 Å². The van der Waals surface area contributed by atoms with E-state index in [0.29, 0.717) is 24.5 Å². The molecule has 1 heterocycles. The molecule has 1 aromatic carbocycles. The summed E-state index contributed by atoms with van der Waals surface area (Å²) in [5.74, 6) is 0.405. The van der Waals surface area contributed by atoms with Crippen molar-refractivity contribution in [3.63, 3.8) is 0 Å². The molecule has 0 aliphatic heterocycles. The largest absolute Gasteiger partial charge is 0.416 e. The summed E-state index contributed by atoms with van der Waals surface area (Å²) in [6.07, 6.45) is -4.35. The molecule has 0 amide bonds. The molecule has 3 N–H and O–H groups in total. The van der Waals surface area contributed by atoms with E-state index in [-0.39, 0.29) is 0 Å². The lowest BCUT2D eigenvalue weighted by Crippen LogP contribution is -2.15. The Balaban J connectivity index is 2.33. The predicted octanol–water partition coefficient (Wildman–Crippen LogP) is 3.15. The topological polar surface area (TPSA) is 63.8 Å². The lowest BCUT2D eigenvalue weighted by atomic mass is 10.1. The van der Waals surface area contributed by atoms with E-state index in [2.05, 4.69) is 15.3 Å². The summed E-state index contributed by atoms with van der Waals surface area (Å²) in [6, 6.07) is 4.82. The lowest BCUT2D eigenvalue weighted by molar-refractivity contribution is -0.137. The summed E-state index contributed by atoms with van der Waals surface area (Å²) in [5.41, 5.74) is 7.58. The van der Waals surface area contributed by atoms with Gasteiger partial charge in [0.15, 0.2) is 5.82 Å². The second-order valence-corrected chi connectivity index (χ2v) is 4.88. The Morgan fingerprint density at radius 2 is 1.59 bits per heavy atom. The second kappa shape index (κ2) is 6.31. The zero-order chi connectivity index (χ0) is 16.3. The molecule has 2 rings (SSSR count). The van der Waals surface area contributed by atoms with Gasteiger partial charge in [-0.15, -0.1) is 0 Å². The molecule has 118 valence electrons. The van der Waals surface area contributed by atoms with Gasteiger partial charge in [0.2, 0.25) is 0 Å². The van der Waals surface area contributed by atoms with E-state index in [1.54, 1.807) is 0 Å². The van der Waals surface area contributed by atoms with Crippen molar-refractivity contribution in [2.24, 2.45) is 5.73 Å². The van der Waals surface area contributed by atoms with Gasteiger partial charge in [-0.3, -0.25) is 0 Å². The van der Waals surface area contributed by atoms with Crippen LogP contribution in [0, 0.1) is 13.8 Å². The third kappa shape index (κ3) is 3.54. The van der Waals surface area contributed by atoms with Gasteiger partial charge in [-0.2, -0.15) is 13.2 Å². The highest BCUT2D eigenvalue weighted by atomic mass is 19.4. The molecule has 0 radical (unpaired) electrons. The Morgan fingerprint density at radius 3 is 2.05 bits per heavy atom. The van der Waals surface area contributed by atoms with Gasteiger partial charge in [0.05, 0.1) is 22.6 Å². The summed E-state index contributed by atoms with van der Waals surface area (Å²) in [5, 5.41) is 3.14. The van der Waals surface area contributed by atoms with E-state index < -0.39 is 11.7 Å². The first-order valence-electron chi connectivity index (χ1n) is 6.79. The average molecular weight is 310 g/mol. The standard InChI is InChI=1S/C15H17F3N4/c1-9-13(20-8-7-19)10(2)22-14(21-9)11-3-5-12(6-4-11)15(16,17)18/h3-6,20H,7-8,19H2,1-2H3. The Bertz CT molecular complexity index is 628. The molecular weight excluding hydrogens is 293 g/mol. The number of nitrogens with zero attached hydrogens (tertiary/aromatic N) is 2. The van der Waals surface area contributed by atoms with E-state index in [1.807, 2.05) is 13.8 Å². The molecule has 2 aromatic rings. The van der Waals surface area contributed by atoms with Crippen LogP contribution in [0.5, 0.6) is 0 Å². The summed E-state index contributed by atoms with van der Waals surface area (Å²) < 4.78 is 37.7. The van der Waals surface area contributed by atoms with Crippen molar-refractivity contribution in [1.82, 2.24) is 9.97 Å². The Labute approximate surface area is 126 Å². The number of aromatic nitrogens is 2. The highest BCUT2D eigenvalue weighted by Crippen LogP contribution is 2.30. The zero-order valence-electron chi connectivity index (χ0n) is 12.3. The van der Waals surface area contributed by atoms with Crippen LogP contribution in [0.1, 0.15) is 17.0 Å². The monoisotopic (exact) mass is 310 g/mol. The fourth-order valence-corrected chi connectivity index (χ4v) is 2.11. The summed E-state index contributed by atoms with van der Waals surface area (Å²) in [6.45, 7) is 4.73. The van der Waals surface area contributed by atoms with Crippen LogP contribution < -0.4 is 11.1 Å². The van der Waals surface area contributed by atoms with Crippen molar-refractivity contribution >= 4 is 5.69 Å². The molecule has 0 spiro atoms. The highest BCUT2D eigenvalue weighted by Gasteiger charge is 2.30. The third-order valence-corrected chi connectivity index (χ3v) is 3.19. The molecule has 0 aliphatic rings. The number of hydrogen-bond donors (Lipinski definition) is 2. The van der Waals surface area contributed by atoms with Gasteiger partial charge >= 0.3 is 6.18 Å². The van der Waals surface area contributed by atoms with Crippen molar-refractivity contribution < 1.29 is 13.2 Å². The minimum Gasteiger partial charge on any atom is -0.381 e. The summed E-state index contributed by atoms with van der Waals surface area (Å²) in [7, 11) is 0. The molecule has 0 saturated heterocycles. The highest BCUT2D eigenvalue weighted by molar-refractivity contribution is 5.60. The SMILES string of the molecule is Cc1nc(-c2ccc(C(F)(F)F)cc2)nc(C)c1NCCN. The molecular formula is C15H17F3N4. The molecule has 0 saturated carbocycles. The number of hydrogen-bond acceptors (Lipinski definition) is 4. The van der Waals surface area contributed by atoms with Crippen molar-refractivity contribution in [3.05, 3.63) is 41.2 Å². The maximum Gasteiger partial charge on any atom is 0.416 e. The van der Waals surface area contributed by atoms with Crippen molar-refractivity contribution in [2.45, 2.75) is 20.0 Å². The molecule has 4 nitrogen and oxygen atoms in total. The van der Waals surface area contributed by atoms with Crippen molar-refractivity contribution in [3.8, 4) is 11.4 Å². The van der Waals surface area contributed by atoms with Gasteiger partial charge in [0, 0.05) is 18.7 Å². The molecule has 0 atom stereocenters. The predicted molar refractivity (Wildman–Crippen MR) is 79.5 cm³/mol. The number of benzene rings is 1. The van der Waals surface area contributed by atoms with E-state index in [0.717, 1.165) is 29.2 Å². The van der Waals surface area contributed by atoms with Crippen LogP contribution in [0.2, 0.25) is 0 Å². The lowest BCUT2D eigenvalue weighted by Gasteiger charge is -2.13. The van der Waals surface area contributed by atoms with Gasteiger partial charge in [0.25, 0.3) is 0 Å². The number of aryl methyl sites for hydroxylation is 2. The fourth-order valence-electron chi connectivity index (χ4n) is 2.11. The number of nitrogens with two attached hydrogens (primary N) is 1. The van der Waals surface area contributed by atoms with Crippen LogP contribution >= 0.6 is 0 Å². The van der Waals surface area contributed by atoms with Crippen LogP contribution in [0.25, 0.3) is 11.4 Å². The summed E-state index contributed by atoms with van der Waals surface area (Å²) in [4.78, 5) is 8.71. The number of anilines is 1. The molecule has 7 heteroatoms. The Morgan fingerprint density at radius 1 is 1.05 bits per heavy atom. The number of alkyl halides is 3. The van der Waals surface area contributed by atoms with Gasteiger partial charge < -0.3 is 11.1 Å².